The molecule has 3 nitrogen and oxygen atoms in total. The zero-order valence-electron chi connectivity index (χ0n) is 11.8. The number of rotatable bonds is 5. The molecule has 17 heavy (non-hydrogen) atoms. The molecule has 1 saturated heterocycles. The average Bonchev–Trinajstić information content (AvgIpc) is 2.40. The summed E-state index contributed by atoms with van der Waals surface area (Å²) in [7, 11) is 0. The van der Waals surface area contributed by atoms with E-state index in [2.05, 4.69) is 18.7 Å². The highest BCUT2D eigenvalue weighted by Crippen LogP contribution is 2.29. The number of hydrogen-bond acceptors (Lipinski definition) is 3. The largest absolute Gasteiger partial charge is 0.394 e. The molecule has 0 aromatic rings. The van der Waals surface area contributed by atoms with Gasteiger partial charge in [-0.15, -0.1) is 0 Å². The fourth-order valence-electron chi connectivity index (χ4n) is 2.49. The first-order valence-electron chi connectivity index (χ1n) is 6.97. The van der Waals surface area contributed by atoms with Crippen molar-refractivity contribution in [3.8, 4) is 0 Å². The Labute approximate surface area is 106 Å². The first-order chi connectivity index (χ1) is 7.85. The minimum absolute atomic E-state index is 0.0834. The molecule has 3 heteroatoms. The van der Waals surface area contributed by atoms with Crippen LogP contribution in [-0.4, -0.2) is 41.8 Å². The van der Waals surface area contributed by atoms with E-state index in [1.54, 1.807) is 0 Å². The SMILES string of the molecule is CC1(C)CCCN(CCCC(C)(N)CO)CC1. The van der Waals surface area contributed by atoms with Crippen LogP contribution in [0.5, 0.6) is 0 Å². The van der Waals surface area contributed by atoms with E-state index in [1.807, 2.05) is 6.92 Å². The lowest BCUT2D eigenvalue weighted by Crippen LogP contribution is -2.41. The highest BCUT2D eigenvalue weighted by molar-refractivity contribution is 4.79. The molecule has 0 aliphatic carbocycles. The van der Waals surface area contributed by atoms with Gasteiger partial charge >= 0.3 is 0 Å². The van der Waals surface area contributed by atoms with E-state index in [1.165, 1.54) is 32.4 Å². The van der Waals surface area contributed by atoms with Gasteiger partial charge in [-0.3, -0.25) is 0 Å². The molecule has 0 aromatic heterocycles. The van der Waals surface area contributed by atoms with Crippen molar-refractivity contribution in [2.24, 2.45) is 11.1 Å². The van der Waals surface area contributed by atoms with Gasteiger partial charge in [0.1, 0.15) is 0 Å². The summed E-state index contributed by atoms with van der Waals surface area (Å²) in [5.41, 5.74) is 6.06. The number of nitrogens with two attached hydrogens (primary N) is 1. The maximum atomic E-state index is 9.11. The van der Waals surface area contributed by atoms with Crippen molar-refractivity contribution in [3.05, 3.63) is 0 Å². The number of likely N-dealkylation sites (tertiary alicyclic amines) is 1. The fourth-order valence-corrected chi connectivity index (χ4v) is 2.49. The maximum absolute atomic E-state index is 9.11. The molecule has 1 aliphatic rings. The Morgan fingerprint density at radius 2 is 2.00 bits per heavy atom. The van der Waals surface area contributed by atoms with E-state index < -0.39 is 5.54 Å². The Morgan fingerprint density at radius 3 is 2.65 bits per heavy atom. The summed E-state index contributed by atoms with van der Waals surface area (Å²) >= 11 is 0. The number of hydrogen-bond donors (Lipinski definition) is 2. The summed E-state index contributed by atoms with van der Waals surface area (Å²) in [4.78, 5) is 2.56. The quantitative estimate of drug-likeness (QED) is 0.775. The molecular weight excluding hydrogens is 212 g/mol. The standard InChI is InChI=1S/C14H30N2O/c1-13(2)6-4-9-16(11-8-13)10-5-7-14(3,15)12-17/h17H,4-12,15H2,1-3H3. The molecule has 0 amide bonds. The van der Waals surface area contributed by atoms with Gasteiger partial charge in [0.15, 0.2) is 0 Å². The van der Waals surface area contributed by atoms with Gasteiger partial charge in [0.05, 0.1) is 6.61 Å². The molecule has 1 fully saturated rings. The van der Waals surface area contributed by atoms with Crippen LogP contribution in [0.2, 0.25) is 0 Å². The van der Waals surface area contributed by atoms with Crippen LogP contribution >= 0.6 is 0 Å². The van der Waals surface area contributed by atoms with Crippen molar-refractivity contribution >= 4 is 0 Å². The second kappa shape index (κ2) is 6.17. The molecule has 1 rings (SSSR count). The first-order valence-corrected chi connectivity index (χ1v) is 6.97. The van der Waals surface area contributed by atoms with E-state index >= 15 is 0 Å². The topological polar surface area (TPSA) is 49.5 Å². The van der Waals surface area contributed by atoms with Gasteiger partial charge in [-0.2, -0.15) is 0 Å². The van der Waals surface area contributed by atoms with E-state index in [-0.39, 0.29) is 6.61 Å². The molecule has 3 N–H and O–H groups in total. The molecule has 0 radical (unpaired) electrons. The summed E-state index contributed by atoms with van der Waals surface area (Å²) in [6.45, 7) is 10.3. The Balaban J connectivity index is 2.24. The van der Waals surface area contributed by atoms with Gasteiger partial charge in [0, 0.05) is 5.54 Å². The Bertz CT molecular complexity index is 226. The molecule has 1 heterocycles. The van der Waals surface area contributed by atoms with E-state index in [9.17, 15) is 0 Å². The summed E-state index contributed by atoms with van der Waals surface area (Å²) in [6.07, 6.45) is 5.95. The number of nitrogens with zero attached hydrogens (tertiary/aromatic N) is 1. The molecule has 1 unspecified atom stereocenters. The molecule has 102 valence electrons. The van der Waals surface area contributed by atoms with E-state index in [4.69, 9.17) is 10.8 Å². The van der Waals surface area contributed by atoms with Crippen LogP contribution < -0.4 is 5.73 Å². The first kappa shape index (κ1) is 14.9. The third-order valence-corrected chi connectivity index (χ3v) is 4.02. The van der Waals surface area contributed by atoms with Crippen LogP contribution in [0.4, 0.5) is 0 Å². The van der Waals surface area contributed by atoms with Crippen molar-refractivity contribution in [1.82, 2.24) is 4.90 Å². The normalized spacial score (nSPS) is 25.2. The molecule has 0 bridgehead atoms. The fraction of sp³-hybridized carbons (Fsp3) is 1.00. The minimum atomic E-state index is -0.398. The second-order valence-electron chi connectivity index (χ2n) is 6.78. The van der Waals surface area contributed by atoms with Crippen LogP contribution in [0, 0.1) is 5.41 Å². The van der Waals surface area contributed by atoms with Gasteiger partial charge in [0.2, 0.25) is 0 Å². The molecule has 0 spiro atoms. The summed E-state index contributed by atoms with van der Waals surface area (Å²) < 4.78 is 0. The van der Waals surface area contributed by atoms with E-state index in [0.717, 1.165) is 19.4 Å². The summed E-state index contributed by atoms with van der Waals surface area (Å²) in [5.74, 6) is 0. The van der Waals surface area contributed by atoms with Crippen LogP contribution in [0.1, 0.15) is 52.9 Å². The molecule has 0 aromatic carbocycles. The maximum Gasteiger partial charge on any atom is 0.0608 e. The molecule has 0 saturated carbocycles. The zero-order chi connectivity index (χ0) is 12.9. The number of aliphatic hydroxyl groups excluding tert-OH is 1. The van der Waals surface area contributed by atoms with Gasteiger partial charge in [-0.25, -0.2) is 0 Å². The average molecular weight is 242 g/mol. The van der Waals surface area contributed by atoms with Crippen LogP contribution in [0.15, 0.2) is 0 Å². The Kier molecular flexibility index (Phi) is 5.42. The van der Waals surface area contributed by atoms with Gasteiger partial charge in [-0.1, -0.05) is 13.8 Å². The van der Waals surface area contributed by atoms with Crippen molar-refractivity contribution in [2.75, 3.05) is 26.2 Å². The zero-order valence-corrected chi connectivity index (χ0v) is 11.8. The highest BCUT2D eigenvalue weighted by atomic mass is 16.3. The lowest BCUT2D eigenvalue weighted by atomic mass is 9.85. The van der Waals surface area contributed by atoms with Crippen molar-refractivity contribution in [1.29, 1.82) is 0 Å². The predicted molar refractivity (Wildman–Crippen MR) is 73.0 cm³/mol. The summed E-state index contributed by atoms with van der Waals surface area (Å²) in [6, 6.07) is 0. The Hall–Kier alpha value is -0.120. The third-order valence-electron chi connectivity index (χ3n) is 4.02. The molecule has 1 atom stereocenters. The Morgan fingerprint density at radius 1 is 1.29 bits per heavy atom. The van der Waals surface area contributed by atoms with Crippen LogP contribution in [0.25, 0.3) is 0 Å². The molecule has 1 aliphatic heterocycles. The van der Waals surface area contributed by atoms with Crippen molar-refractivity contribution in [3.63, 3.8) is 0 Å². The predicted octanol–water partition coefficient (Wildman–Crippen LogP) is 1.99. The highest BCUT2D eigenvalue weighted by Gasteiger charge is 2.23. The lowest BCUT2D eigenvalue weighted by molar-refractivity contribution is 0.187. The van der Waals surface area contributed by atoms with Gasteiger partial charge in [-0.05, 0) is 64.1 Å². The lowest BCUT2D eigenvalue weighted by Gasteiger charge is -2.25. The molecular formula is C14H30N2O. The van der Waals surface area contributed by atoms with Crippen LogP contribution in [0.3, 0.4) is 0 Å². The van der Waals surface area contributed by atoms with Crippen molar-refractivity contribution < 1.29 is 5.11 Å². The van der Waals surface area contributed by atoms with Gasteiger partial charge in [0.25, 0.3) is 0 Å². The van der Waals surface area contributed by atoms with Crippen molar-refractivity contribution in [2.45, 2.75) is 58.4 Å². The second-order valence-corrected chi connectivity index (χ2v) is 6.78. The summed E-state index contributed by atoms with van der Waals surface area (Å²) in [5, 5.41) is 9.11. The van der Waals surface area contributed by atoms with Gasteiger partial charge < -0.3 is 15.7 Å². The smallest absolute Gasteiger partial charge is 0.0608 e. The minimum Gasteiger partial charge on any atom is -0.394 e. The third kappa shape index (κ3) is 5.84. The number of aliphatic hydroxyl groups is 1. The van der Waals surface area contributed by atoms with Crippen LogP contribution in [-0.2, 0) is 0 Å². The monoisotopic (exact) mass is 242 g/mol. The van der Waals surface area contributed by atoms with E-state index in [0.29, 0.717) is 5.41 Å².